The van der Waals surface area contributed by atoms with Crippen LogP contribution >= 0.6 is 12.4 Å². The van der Waals surface area contributed by atoms with Gasteiger partial charge < -0.3 is 21.3 Å². The Bertz CT molecular complexity index is 789. The zero-order valence-electron chi connectivity index (χ0n) is 14.7. The summed E-state index contributed by atoms with van der Waals surface area (Å²) in [6, 6.07) is 6.75. The standard InChI is InChI=1S/C17H22N6O2.ClH/c1-10(2)19-17(25)21-14-6-4-3-5-13(14)20-16(24)15-11-9-18-8-7-12(11)22-23-15;/h3-6,10,18H,7-9H2,1-2H3,(H,20,24)(H,22,23)(H2,19,21,25);1H. The second-order valence-electron chi connectivity index (χ2n) is 6.21. The highest BCUT2D eigenvalue weighted by Crippen LogP contribution is 2.23. The van der Waals surface area contributed by atoms with Gasteiger partial charge in [-0.15, -0.1) is 12.4 Å². The maximum atomic E-state index is 12.6. The van der Waals surface area contributed by atoms with Crippen molar-refractivity contribution in [3.63, 3.8) is 0 Å². The summed E-state index contributed by atoms with van der Waals surface area (Å²) in [5.41, 5.74) is 3.31. The van der Waals surface area contributed by atoms with E-state index < -0.39 is 0 Å². The molecule has 3 rings (SSSR count). The van der Waals surface area contributed by atoms with Crippen LogP contribution in [0, 0.1) is 0 Å². The molecule has 0 atom stereocenters. The molecule has 1 aromatic heterocycles. The molecule has 2 heterocycles. The molecular weight excluding hydrogens is 356 g/mol. The van der Waals surface area contributed by atoms with E-state index >= 15 is 0 Å². The topological polar surface area (TPSA) is 111 Å². The van der Waals surface area contributed by atoms with Crippen LogP contribution in [0.5, 0.6) is 0 Å². The molecule has 0 bridgehead atoms. The number of hydrogen-bond acceptors (Lipinski definition) is 4. The normalized spacial score (nSPS) is 12.7. The van der Waals surface area contributed by atoms with Crippen LogP contribution in [0.2, 0.25) is 0 Å². The Morgan fingerprint density at radius 3 is 2.54 bits per heavy atom. The number of fused-ring (bicyclic) bond motifs is 1. The number of anilines is 2. The zero-order chi connectivity index (χ0) is 17.8. The van der Waals surface area contributed by atoms with Crippen molar-refractivity contribution in [1.82, 2.24) is 20.8 Å². The predicted molar refractivity (Wildman–Crippen MR) is 103 cm³/mol. The number of hydrogen-bond donors (Lipinski definition) is 5. The zero-order valence-corrected chi connectivity index (χ0v) is 15.5. The molecule has 0 fully saturated rings. The third-order valence-electron chi connectivity index (χ3n) is 3.86. The monoisotopic (exact) mass is 378 g/mol. The molecule has 9 heteroatoms. The maximum Gasteiger partial charge on any atom is 0.319 e. The lowest BCUT2D eigenvalue weighted by atomic mass is 10.1. The van der Waals surface area contributed by atoms with E-state index in [2.05, 4.69) is 31.5 Å². The molecular formula is C17H23ClN6O2. The fraction of sp³-hybridized carbons (Fsp3) is 0.353. The summed E-state index contributed by atoms with van der Waals surface area (Å²) in [5, 5.41) is 18.6. The predicted octanol–water partition coefficient (Wildman–Crippen LogP) is 2.26. The summed E-state index contributed by atoms with van der Waals surface area (Å²) < 4.78 is 0. The summed E-state index contributed by atoms with van der Waals surface area (Å²) in [4.78, 5) is 24.5. The highest BCUT2D eigenvalue weighted by molar-refractivity contribution is 6.07. The van der Waals surface area contributed by atoms with Gasteiger partial charge in [0.15, 0.2) is 5.69 Å². The van der Waals surface area contributed by atoms with Gasteiger partial charge in [0.2, 0.25) is 0 Å². The van der Waals surface area contributed by atoms with E-state index in [-0.39, 0.29) is 30.4 Å². The van der Waals surface area contributed by atoms with E-state index in [9.17, 15) is 9.59 Å². The van der Waals surface area contributed by atoms with Crippen molar-refractivity contribution in [1.29, 1.82) is 0 Å². The Morgan fingerprint density at radius 2 is 1.85 bits per heavy atom. The van der Waals surface area contributed by atoms with Crippen LogP contribution in [-0.2, 0) is 13.0 Å². The van der Waals surface area contributed by atoms with Crippen LogP contribution in [-0.4, -0.2) is 34.7 Å². The van der Waals surface area contributed by atoms with Crippen molar-refractivity contribution in [2.24, 2.45) is 0 Å². The van der Waals surface area contributed by atoms with Gasteiger partial charge in [-0.05, 0) is 26.0 Å². The molecule has 1 aromatic carbocycles. The summed E-state index contributed by atoms with van der Waals surface area (Å²) in [5.74, 6) is -0.306. The largest absolute Gasteiger partial charge is 0.336 e. The molecule has 1 aliphatic heterocycles. The first-order valence-corrected chi connectivity index (χ1v) is 8.29. The molecule has 0 unspecified atom stereocenters. The van der Waals surface area contributed by atoms with Gasteiger partial charge in [-0.2, -0.15) is 5.10 Å². The van der Waals surface area contributed by atoms with Gasteiger partial charge in [0.05, 0.1) is 11.4 Å². The number of halogens is 1. The third-order valence-corrected chi connectivity index (χ3v) is 3.86. The number of benzene rings is 1. The average Bonchev–Trinajstić information content (AvgIpc) is 3.00. The van der Waals surface area contributed by atoms with Crippen LogP contribution in [0.25, 0.3) is 0 Å². The number of carbonyl (C=O) groups is 2. The number of aromatic amines is 1. The smallest absolute Gasteiger partial charge is 0.319 e. The lowest BCUT2D eigenvalue weighted by Crippen LogP contribution is -2.34. The molecule has 0 saturated heterocycles. The number of H-pyrrole nitrogens is 1. The first-order chi connectivity index (χ1) is 12.0. The van der Waals surface area contributed by atoms with Gasteiger partial charge in [-0.25, -0.2) is 4.79 Å². The summed E-state index contributed by atoms with van der Waals surface area (Å²) in [7, 11) is 0. The number of carbonyl (C=O) groups excluding carboxylic acids is 2. The van der Waals surface area contributed by atoms with Crippen molar-refractivity contribution in [2.75, 3.05) is 17.2 Å². The van der Waals surface area contributed by atoms with Crippen molar-refractivity contribution >= 4 is 35.7 Å². The van der Waals surface area contributed by atoms with Crippen molar-refractivity contribution in [2.45, 2.75) is 32.9 Å². The Morgan fingerprint density at radius 1 is 1.15 bits per heavy atom. The van der Waals surface area contributed by atoms with Crippen molar-refractivity contribution < 1.29 is 9.59 Å². The number of amides is 3. The summed E-state index contributed by atoms with van der Waals surface area (Å²) in [6.07, 6.45) is 0.823. The van der Waals surface area contributed by atoms with Gasteiger partial charge >= 0.3 is 6.03 Å². The van der Waals surface area contributed by atoms with Gasteiger partial charge in [-0.1, -0.05) is 12.1 Å². The molecule has 0 aliphatic carbocycles. The third kappa shape index (κ3) is 4.53. The van der Waals surface area contributed by atoms with Crippen LogP contribution in [0.15, 0.2) is 24.3 Å². The van der Waals surface area contributed by atoms with Gasteiger partial charge in [0.25, 0.3) is 5.91 Å². The lowest BCUT2D eigenvalue weighted by Gasteiger charge is -2.15. The molecule has 26 heavy (non-hydrogen) atoms. The van der Waals surface area contributed by atoms with Crippen LogP contribution in [0.1, 0.15) is 35.6 Å². The second-order valence-corrected chi connectivity index (χ2v) is 6.21. The van der Waals surface area contributed by atoms with Crippen LogP contribution in [0.3, 0.4) is 0 Å². The second kappa shape index (κ2) is 8.68. The van der Waals surface area contributed by atoms with Gasteiger partial charge in [-0.3, -0.25) is 9.89 Å². The van der Waals surface area contributed by atoms with Crippen molar-refractivity contribution in [3.05, 3.63) is 41.2 Å². The Hall–Kier alpha value is -2.58. The first-order valence-electron chi connectivity index (χ1n) is 8.29. The number of para-hydroxylation sites is 2. The molecule has 1 aliphatic rings. The highest BCUT2D eigenvalue weighted by Gasteiger charge is 2.22. The van der Waals surface area contributed by atoms with E-state index in [1.165, 1.54) is 0 Å². The number of aromatic nitrogens is 2. The number of rotatable bonds is 4. The minimum absolute atomic E-state index is 0. The van der Waals surface area contributed by atoms with E-state index in [1.54, 1.807) is 24.3 Å². The molecule has 0 saturated carbocycles. The average molecular weight is 379 g/mol. The minimum atomic E-state index is -0.321. The molecule has 5 N–H and O–H groups in total. The fourth-order valence-electron chi connectivity index (χ4n) is 2.72. The highest BCUT2D eigenvalue weighted by atomic mass is 35.5. The Labute approximate surface area is 157 Å². The Balaban J connectivity index is 0.00000243. The molecule has 2 aromatic rings. The summed E-state index contributed by atoms with van der Waals surface area (Å²) >= 11 is 0. The van der Waals surface area contributed by atoms with E-state index in [0.717, 1.165) is 24.2 Å². The molecule has 140 valence electrons. The molecule has 3 amide bonds. The quantitative estimate of drug-likeness (QED) is 0.562. The van der Waals surface area contributed by atoms with E-state index in [1.807, 2.05) is 13.8 Å². The van der Waals surface area contributed by atoms with Crippen molar-refractivity contribution in [3.8, 4) is 0 Å². The number of nitrogens with zero attached hydrogens (tertiary/aromatic N) is 1. The molecule has 0 spiro atoms. The minimum Gasteiger partial charge on any atom is -0.336 e. The van der Waals surface area contributed by atoms with E-state index in [4.69, 9.17) is 0 Å². The SMILES string of the molecule is CC(C)NC(=O)Nc1ccccc1NC(=O)c1n[nH]c2c1CNCC2.Cl. The maximum absolute atomic E-state index is 12.6. The fourth-order valence-corrected chi connectivity index (χ4v) is 2.72. The lowest BCUT2D eigenvalue weighted by molar-refractivity contribution is 0.102. The summed E-state index contributed by atoms with van der Waals surface area (Å²) in [6.45, 7) is 5.24. The van der Waals surface area contributed by atoms with Gasteiger partial charge in [0, 0.05) is 36.8 Å². The Kier molecular flexibility index (Phi) is 6.59. The van der Waals surface area contributed by atoms with Gasteiger partial charge in [0.1, 0.15) is 0 Å². The van der Waals surface area contributed by atoms with Crippen LogP contribution in [0.4, 0.5) is 16.2 Å². The molecule has 0 radical (unpaired) electrons. The number of urea groups is 1. The molecule has 8 nitrogen and oxygen atoms in total. The van der Waals surface area contributed by atoms with E-state index in [0.29, 0.717) is 23.6 Å². The van der Waals surface area contributed by atoms with Crippen LogP contribution < -0.4 is 21.3 Å². The number of nitrogens with one attached hydrogen (secondary N) is 5. The first kappa shape index (κ1) is 19.7.